The number of anilines is 1. The van der Waals surface area contributed by atoms with Crippen LogP contribution in [0, 0.1) is 3.57 Å². The third kappa shape index (κ3) is 2.91. The van der Waals surface area contributed by atoms with E-state index in [4.69, 9.17) is 5.11 Å². The molecule has 0 spiro atoms. The molecule has 2 N–H and O–H groups in total. The minimum absolute atomic E-state index is 0.151. The van der Waals surface area contributed by atoms with Crippen molar-refractivity contribution in [2.24, 2.45) is 0 Å². The second-order valence-electron chi connectivity index (χ2n) is 2.27. The molecule has 1 rings (SSSR count). The molecule has 0 saturated carbocycles. The molecule has 0 fully saturated rings. The molecule has 12 heavy (non-hydrogen) atoms. The zero-order chi connectivity index (χ0) is 8.97. The highest BCUT2D eigenvalue weighted by molar-refractivity contribution is 14.1. The molecule has 0 heterocycles. The van der Waals surface area contributed by atoms with E-state index in [1.165, 1.54) is 3.57 Å². The van der Waals surface area contributed by atoms with Crippen LogP contribution >= 0.6 is 38.5 Å². The van der Waals surface area contributed by atoms with Gasteiger partial charge in [0.15, 0.2) is 0 Å². The van der Waals surface area contributed by atoms with E-state index < -0.39 is 0 Å². The molecule has 0 amide bonds. The molecule has 1 aromatic carbocycles. The van der Waals surface area contributed by atoms with Crippen LogP contribution in [0.2, 0.25) is 0 Å². The monoisotopic (exact) mass is 341 g/mol. The van der Waals surface area contributed by atoms with Gasteiger partial charge in [-0.1, -0.05) is 0 Å². The summed E-state index contributed by atoms with van der Waals surface area (Å²) in [5, 5.41) is 11.7. The molecule has 0 aliphatic rings. The van der Waals surface area contributed by atoms with Crippen LogP contribution in [-0.2, 0) is 0 Å². The Hall–Kier alpha value is 0.190. The highest BCUT2D eigenvalue weighted by atomic mass is 127. The summed E-state index contributed by atoms with van der Waals surface area (Å²) in [6, 6.07) is 6.03. The van der Waals surface area contributed by atoms with Crippen LogP contribution in [0.25, 0.3) is 0 Å². The Morgan fingerprint density at radius 1 is 1.50 bits per heavy atom. The number of hydrogen-bond acceptors (Lipinski definition) is 2. The quantitative estimate of drug-likeness (QED) is 0.828. The van der Waals surface area contributed by atoms with Gasteiger partial charge in [0.1, 0.15) is 0 Å². The van der Waals surface area contributed by atoms with E-state index in [1.54, 1.807) is 0 Å². The van der Waals surface area contributed by atoms with Crippen molar-refractivity contribution in [3.63, 3.8) is 0 Å². The highest BCUT2D eigenvalue weighted by Gasteiger charge is 1.97. The normalized spacial score (nSPS) is 9.92. The molecular formula is C8H9BrINO. The standard InChI is InChI=1S/C8H9BrINO/c9-7-5-6(10)1-2-8(7)11-3-4-12/h1-2,5,11-12H,3-4H2. The average Bonchev–Trinajstić information content (AvgIpc) is 2.03. The number of aliphatic hydroxyl groups excluding tert-OH is 1. The van der Waals surface area contributed by atoms with Crippen molar-refractivity contribution in [1.29, 1.82) is 0 Å². The largest absolute Gasteiger partial charge is 0.395 e. The fourth-order valence-corrected chi connectivity index (χ4v) is 2.26. The second kappa shape index (κ2) is 5.04. The third-order valence-corrected chi connectivity index (χ3v) is 2.69. The molecule has 4 heteroatoms. The van der Waals surface area contributed by atoms with E-state index in [2.05, 4.69) is 43.8 Å². The van der Waals surface area contributed by atoms with Gasteiger partial charge in [-0.2, -0.15) is 0 Å². The van der Waals surface area contributed by atoms with E-state index in [0.717, 1.165) is 10.2 Å². The number of aliphatic hydroxyl groups is 1. The lowest BCUT2D eigenvalue weighted by Crippen LogP contribution is -2.05. The van der Waals surface area contributed by atoms with Crippen LogP contribution in [0.3, 0.4) is 0 Å². The van der Waals surface area contributed by atoms with Gasteiger partial charge in [-0.3, -0.25) is 0 Å². The molecule has 0 unspecified atom stereocenters. The predicted octanol–water partition coefficient (Wildman–Crippen LogP) is 2.46. The topological polar surface area (TPSA) is 32.3 Å². The molecule has 0 bridgehead atoms. The van der Waals surface area contributed by atoms with Crippen LogP contribution in [0.5, 0.6) is 0 Å². The highest BCUT2D eigenvalue weighted by Crippen LogP contribution is 2.23. The van der Waals surface area contributed by atoms with Gasteiger partial charge < -0.3 is 10.4 Å². The number of rotatable bonds is 3. The fourth-order valence-electron chi connectivity index (χ4n) is 0.823. The van der Waals surface area contributed by atoms with Gasteiger partial charge in [-0.25, -0.2) is 0 Å². The van der Waals surface area contributed by atoms with Crippen molar-refractivity contribution in [1.82, 2.24) is 0 Å². The van der Waals surface area contributed by atoms with E-state index >= 15 is 0 Å². The average molecular weight is 342 g/mol. The summed E-state index contributed by atoms with van der Waals surface area (Å²) in [5.74, 6) is 0. The summed E-state index contributed by atoms with van der Waals surface area (Å²) < 4.78 is 2.22. The molecule has 0 radical (unpaired) electrons. The van der Waals surface area contributed by atoms with Crippen LogP contribution in [0.1, 0.15) is 0 Å². The first-order valence-corrected chi connectivity index (χ1v) is 5.41. The lowest BCUT2D eigenvalue weighted by molar-refractivity contribution is 0.311. The Balaban J connectivity index is 2.72. The Morgan fingerprint density at radius 3 is 2.83 bits per heavy atom. The van der Waals surface area contributed by atoms with E-state index in [0.29, 0.717) is 6.54 Å². The van der Waals surface area contributed by atoms with Gasteiger partial charge in [-0.15, -0.1) is 0 Å². The lowest BCUT2D eigenvalue weighted by Gasteiger charge is -2.06. The molecule has 0 aromatic heterocycles. The lowest BCUT2D eigenvalue weighted by atomic mass is 10.3. The Kier molecular flexibility index (Phi) is 4.31. The smallest absolute Gasteiger partial charge is 0.0604 e. The van der Waals surface area contributed by atoms with E-state index in [9.17, 15) is 0 Å². The Labute approximate surface area is 93.6 Å². The molecule has 1 aromatic rings. The van der Waals surface area contributed by atoms with Gasteiger partial charge >= 0.3 is 0 Å². The van der Waals surface area contributed by atoms with Crippen molar-refractivity contribution in [2.45, 2.75) is 0 Å². The second-order valence-corrected chi connectivity index (χ2v) is 4.37. The van der Waals surface area contributed by atoms with E-state index in [1.807, 2.05) is 18.2 Å². The van der Waals surface area contributed by atoms with Gasteiger partial charge in [0.25, 0.3) is 0 Å². The minimum atomic E-state index is 0.151. The molecule has 66 valence electrons. The molecule has 0 saturated heterocycles. The van der Waals surface area contributed by atoms with Crippen molar-refractivity contribution < 1.29 is 5.11 Å². The van der Waals surface area contributed by atoms with E-state index in [-0.39, 0.29) is 6.61 Å². The van der Waals surface area contributed by atoms with Gasteiger partial charge in [-0.05, 0) is 56.7 Å². The summed E-state index contributed by atoms with van der Waals surface area (Å²) >= 11 is 5.68. The first-order valence-electron chi connectivity index (χ1n) is 3.54. The Morgan fingerprint density at radius 2 is 2.25 bits per heavy atom. The number of hydrogen-bond donors (Lipinski definition) is 2. The molecule has 0 aliphatic carbocycles. The zero-order valence-corrected chi connectivity index (χ0v) is 10.1. The van der Waals surface area contributed by atoms with Crippen molar-refractivity contribution in [3.8, 4) is 0 Å². The maximum Gasteiger partial charge on any atom is 0.0604 e. The summed E-state index contributed by atoms with van der Waals surface area (Å²) in [4.78, 5) is 0. The van der Waals surface area contributed by atoms with Crippen LogP contribution in [-0.4, -0.2) is 18.3 Å². The SMILES string of the molecule is OCCNc1ccc(I)cc1Br. The van der Waals surface area contributed by atoms with Crippen molar-refractivity contribution >= 4 is 44.2 Å². The Bertz CT molecular complexity index is 267. The summed E-state index contributed by atoms with van der Waals surface area (Å²) in [6.45, 7) is 0.734. The minimum Gasteiger partial charge on any atom is -0.395 e. The van der Waals surface area contributed by atoms with Crippen LogP contribution < -0.4 is 5.32 Å². The number of nitrogens with one attached hydrogen (secondary N) is 1. The summed E-state index contributed by atoms with van der Waals surface area (Å²) in [5.41, 5.74) is 1.02. The summed E-state index contributed by atoms with van der Waals surface area (Å²) in [6.07, 6.45) is 0. The molecule has 2 nitrogen and oxygen atoms in total. The van der Waals surface area contributed by atoms with Crippen molar-refractivity contribution in [2.75, 3.05) is 18.5 Å². The summed E-state index contributed by atoms with van der Waals surface area (Å²) in [7, 11) is 0. The van der Waals surface area contributed by atoms with Gasteiger partial charge in [0, 0.05) is 20.3 Å². The maximum absolute atomic E-state index is 8.59. The zero-order valence-electron chi connectivity index (χ0n) is 6.35. The maximum atomic E-state index is 8.59. The van der Waals surface area contributed by atoms with Gasteiger partial charge in [0.2, 0.25) is 0 Å². The van der Waals surface area contributed by atoms with Crippen molar-refractivity contribution in [3.05, 3.63) is 26.2 Å². The van der Waals surface area contributed by atoms with Crippen LogP contribution in [0.4, 0.5) is 5.69 Å². The molecule has 0 atom stereocenters. The van der Waals surface area contributed by atoms with Crippen LogP contribution in [0.15, 0.2) is 22.7 Å². The third-order valence-electron chi connectivity index (χ3n) is 1.36. The number of halogens is 2. The number of benzene rings is 1. The first kappa shape index (κ1) is 10.3. The van der Waals surface area contributed by atoms with Gasteiger partial charge in [0.05, 0.1) is 6.61 Å². The molecule has 0 aliphatic heterocycles. The fraction of sp³-hybridized carbons (Fsp3) is 0.250. The predicted molar refractivity (Wildman–Crippen MR) is 62.4 cm³/mol. The molecular weight excluding hydrogens is 333 g/mol. The first-order chi connectivity index (χ1) is 5.74.